The second-order valence-electron chi connectivity index (χ2n) is 5.34. The lowest BCUT2D eigenvalue weighted by molar-refractivity contribution is -0.260. The Morgan fingerprint density at radius 2 is 1.87 bits per heavy atom. The molecule has 2 fully saturated rings. The maximum absolute atomic E-state index is 13.0. The van der Waals surface area contributed by atoms with E-state index in [2.05, 4.69) is 0 Å². The van der Waals surface area contributed by atoms with E-state index in [-0.39, 0.29) is 24.2 Å². The smallest absolute Gasteiger partial charge is 0.395 e. The second kappa shape index (κ2) is 3.12. The van der Waals surface area contributed by atoms with E-state index in [0.717, 1.165) is 0 Å². The van der Waals surface area contributed by atoms with Crippen LogP contribution in [-0.4, -0.2) is 17.9 Å². The minimum absolute atomic E-state index is 0.0810. The zero-order chi connectivity index (χ0) is 11.4. The number of aliphatic hydroxyl groups is 1. The van der Waals surface area contributed by atoms with Crippen LogP contribution in [0.3, 0.4) is 0 Å². The molecule has 0 aromatic rings. The van der Waals surface area contributed by atoms with Gasteiger partial charge in [-0.05, 0) is 36.5 Å². The first-order valence-corrected chi connectivity index (χ1v) is 5.51. The van der Waals surface area contributed by atoms with Crippen molar-refractivity contribution in [3.8, 4) is 0 Å². The number of rotatable bonds is 1. The van der Waals surface area contributed by atoms with Crippen molar-refractivity contribution < 1.29 is 18.3 Å². The topological polar surface area (TPSA) is 20.2 Å². The van der Waals surface area contributed by atoms with Crippen LogP contribution in [0.5, 0.6) is 0 Å². The predicted molar refractivity (Wildman–Crippen MR) is 50.1 cm³/mol. The highest BCUT2D eigenvalue weighted by Gasteiger charge is 2.68. The summed E-state index contributed by atoms with van der Waals surface area (Å²) in [5.41, 5.74) is -1.80. The molecule has 0 radical (unpaired) electrons. The van der Waals surface area contributed by atoms with E-state index < -0.39 is 18.2 Å². The lowest BCUT2D eigenvalue weighted by Crippen LogP contribution is -2.49. The van der Waals surface area contributed by atoms with Gasteiger partial charge in [-0.1, -0.05) is 13.8 Å². The molecule has 88 valence electrons. The monoisotopic (exact) mass is 222 g/mol. The maximum atomic E-state index is 13.0. The van der Waals surface area contributed by atoms with E-state index >= 15 is 0 Å². The van der Waals surface area contributed by atoms with Crippen molar-refractivity contribution in [2.75, 3.05) is 6.61 Å². The zero-order valence-corrected chi connectivity index (χ0v) is 9.01. The molecule has 0 aliphatic heterocycles. The fraction of sp³-hybridized carbons (Fsp3) is 1.00. The van der Waals surface area contributed by atoms with Crippen LogP contribution in [0.25, 0.3) is 0 Å². The van der Waals surface area contributed by atoms with Gasteiger partial charge in [-0.3, -0.25) is 0 Å². The summed E-state index contributed by atoms with van der Waals surface area (Å²) in [4.78, 5) is 0. The molecule has 5 atom stereocenters. The van der Waals surface area contributed by atoms with Crippen LogP contribution in [0.2, 0.25) is 0 Å². The third kappa shape index (κ3) is 1.26. The Labute approximate surface area is 87.7 Å². The van der Waals surface area contributed by atoms with Crippen molar-refractivity contribution in [1.82, 2.24) is 0 Å². The van der Waals surface area contributed by atoms with Gasteiger partial charge >= 0.3 is 6.18 Å². The number of hydrogen-bond acceptors (Lipinski definition) is 1. The molecule has 15 heavy (non-hydrogen) atoms. The normalized spacial score (nSPS) is 50.0. The van der Waals surface area contributed by atoms with Gasteiger partial charge in [0.25, 0.3) is 0 Å². The number of hydrogen-bond donors (Lipinski definition) is 1. The first-order valence-electron chi connectivity index (χ1n) is 5.51. The quantitative estimate of drug-likeness (QED) is 0.723. The van der Waals surface area contributed by atoms with Crippen LogP contribution in [0.15, 0.2) is 0 Å². The summed E-state index contributed by atoms with van der Waals surface area (Å²) in [5, 5.41) is 9.16. The van der Waals surface area contributed by atoms with E-state index in [4.69, 9.17) is 5.11 Å². The molecule has 1 nitrogen and oxygen atoms in total. The third-order valence-electron chi connectivity index (χ3n) is 4.95. The number of halogens is 3. The second-order valence-corrected chi connectivity index (χ2v) is 5.34. The highest BCUT2D eigenvalue weighted by atomic mass is 19.4. The van der Waals surface area contributed by atoms with Gasteiger partial charge in [0, 0.05) is 0 Å². The van der Waals surface area contributed by atoms with Crippen molar-refractivity contribution in [2.24, 2.45) is 29.1 Å². The van der Waals surface area contributed by atoms with Gasteiger partial charge in [0.1, 0.15) is 0 Å². The Kier molecular flexibility index (Phi) is 2.34. The van der Waals surface area contributed by atoms with Crippen LogP contribution >= 0.6 is 0 Å². The van der Waals surface area contributed by atoms with E-state index in [0.29, 0.717) is 12.3 Å². The molecule has 0 saturated heterocycles. The summed E-state index contributed by atoms with van der Waals surface area (Å²) in [5.74, 6) is 0.232. The van der Waals surface area contributed by atoms with Gasteiger partial charge in [0.05, 0.1) is 12.0 Å². The summed E-state index contributed by atoms with van der Waals surface area (Å²) < 4.78 is 39.0. The number of aliphatic hydroxyl groups excluding tert-OH is 1. The van der Waals surface area contributed by atoms with Gasteiger partial charge < -0.3 is 5.11 Å². The van der Waals surface area contributed by atoms with E-state index in [1.807, 2.05) is 13.8 Å². The molecule has 2 aliphatic rings. The Hall–Kier alpha value is -0.250. The molecule has 0 heterocycles. The van der Waals surface area contributed by atoms with Crippen LogP contribution in [0, 0.1) is 29.1 Å². The fourth-order valence-corrected chi connectivity index (χ4v) is 3.77. The minimum Gasteiger partial charge on any atom is -0.395 e. The molecule has 5 unspecified atom stereocenters. The van der Waals surface area contributed by atoms with Crippen molar-refractivity contribution >= 4 is 0 Å². The fourth-order valence-electron chi connectivity index (χ4n) is 3.77. The largest absolute Gasteiger partial charge is 0.396 e. The Balaban J connectivity index is 2.33. The van der Waals surface area contributed by atoms with Crippen molar-refractivity contribution in [3.63, 3.8) is 0 Å². The maximum Gasteiger partial charge on any atom is 0.396 e. The van der Waals surface area contributed by atoms with E-state index in [9.17, 15) is 13.2 Å². The molecule has 2 rings (SSSR count). The molecule has 0 amide bonds. The van der Waals surface area contributed by atoms with E-state index in [1.54, 1.807) is 0 Å². The molecular weight excluding hydrogens is 205 g/mol. The SMILES string of the molecule is CC1C2CC(C1C)C(CO)(C(F)(F)F)C2. The first kappa shape index (κ1) is 11.2. The average Bonchev–Trinajstić information content (AvgIpc) is 2.64. The summed E-state index contributed by atoms with van der Waals surface area (Å²) in [7, 11) is 0. The molecule has 0 spiro atoms. The van der Waals surface area contributed by atoms with Gasteiger partial charge in [-0.25, -0.2) is 0 Å². The summed E-state index contributed by atoms with van der Waals surface area (Å²) in [6.07, 6.45) is -3.48. The molecule has 2 saturated carbocycles. The highest BCUT2D eigenvalue weighted by molar-refractivity contribution is 5.08. The average molecular weight is 222 g/mol. The Morgan fingerprint density at radius 3 is 2.20 bits per heavy atom. The first-order chi connectivity index (χ1) is 6.83. The van der Waals surface area contributed by atoms with E-state index in [1.165, 1.54) is 0 Å². The number of alkyl halides is 3. The molecule has 2 aliphatic carbocycles. The van der Waals surface area contributed by atoms with Gasteiger partial charge in [-0.15, -0.1) is 0 Å². The zero-order valence-electron chi connectivity index (χ0n) is 9.01. The molecule has 0 aromatic heterocycles. The molecular formula is C11H17F3O. The molecule has 2 bridgehead atoms. The summed E-state index contributed by atoms with van der Waals surface area (Å²) in [6, 6.07) is 0. The summed E-state index contributed by atoms with van der Waals surface area (Å²) >= 11 is 0. The predicted octanol–water partition coefficient (Wildman–Crippen LogP) is 2.84. The Morgan fingerprint density at radius 1 is 1.27 bits per heavy atom. The van der Waals surface area contributed by atoms with Crippen molar-refractivity contribution in [3.05, 3.63) is 0 Å². The summed E-state index contributed by atoms with van der Waals surface area (Å²) in [6.45, 7) is 3.19. The molecule has 4 heteroatoms. The van der Waals surface area contributed by atoms with Crippen molar-refractivity contribution in [2.45, 2.75) is 32.9 Å². The van der Waals surface area contributed by atoms with Crippen LogP contribution < -0.4 is 0 Å². The van der Waals surface area contributed by atoms with Gasteiger partial charge in [0.15, 0.2) is 0 Å². The minimum atomic E-state index is -4.25. The van der Waals surface area contributed by atoms with Crippen LogP contribution in [0.1, 0.15) is 26.7 Å². The van der Waals surface area contributed by atoms with Gasteiger partial charge in [0.2, 0.25) is 0 Å². The Bertz CT molecular complexity index is 261. The highest BCUT2D eigenvalue weighted by Crippen LogP contribution is 2.65. The standard InChI is InChI=1S/C11H17F3O/c1-6-7(2)9-3-8(6)4-10(9,5-15)11(12,13)14/h6-9,15H,3-5H2,1-2H3. The lowest BCUT2D eigenvalue weighted by atomic mass is 9.65. The molecule has 1 N–H and O–H groups in total. The molecule has 0 aromatic carbocycles. The van der Waals surface area contributed by atoms with Crippen molar-refractivity contribution in [1.29, 1.82) is 0 Å². The third-order valence-corrected chi connectivity index (χ3v) is 4.95. The number of fused-ring (bicyclic) bond motifs is 2. The lowest BCUT2D eigenvalue weighted by Gasteiger charge is -2.42. The van der Waals surface area contributed by atoms with Crippen LogP contribution in [-0.2, 0) is 0 Å². The van der Waals surface area contributed by atoms with Gasteiger partial charge in [-0.2, -0.15) is 13.2 Å². The van der Waals surface area contributed by atoms with Crippen LogP contribution in [0.4, 0.5) is 13.2 Å².